The van der Waals surface area contributed by atoms with E-state index in [1.165, 1.54) is 0 Å². The van der Waals surface area contributed by atoms with Crippen molar-refractivity contribution in [2.75, 3.05) is 34.4 Å². The Morgan fingerprint density at radius 3 is 2.35 bits per heavy atom. The van der Waals surface area contributed by atoms with Gasteiger partial charge in [-0.2, -0.15) is 0 Å². The Morgan fingerprint density at radius 2 is 1.80 bits per heavy atom. The van der Waals surface area contributed by atoms with Crippen molar-refractivity contribution in [1.29, 1.82) is 0 Å². The molecular weight excluding hydrogens is 320 g/mol. The topological polar surface area (TPSA) is 33.7 Å². The van der Waals surface area contributed by atoms with Gasteiger partial charge in [0.1, 0.15) is 0 Å². The Morgan fingerprint density at radius 1 is 1.20 bits per heavy atom. The van der Waals surface area contributed by atoms with Gasteiger partial charge in [-0.25, -0.2) is 0 Å². The first kappa shape index (κ1) is 17.3. The highest BCUT2D eigenvalue weighted by molar-refractivity contribution is 9.10. The molecule has 0 fully saturated rings. The second-order valence-corrected chi connectivity index (χ2v) is 5.90. The molecule has 20 heavy (non-hydrogen) atoms. The van der Waals surface area contributed by atoms with Crippen molar-refractivity contribution in [2.45, 2.75) is 26.4 Å². The number of nitrogens with zero attached hydrogens (tertiary/aromatic N) is 1. The van der Waals surface area contributed by atoms with Gasteiger partial charge >= 0.3 is 0 Å². The molecule has 0 aromatic heterocycles. The van der Waals surface area contributed by atoms with Crippen LogP contribution >= 0.6 is 15.9 Å². The first-order valence-corrected chi connectivity index (χ1v) is 7.60. The number of ether oxygens (including phenoxy) is 2. The summed E-state index contributed by atoms with van der Waals surface area (Å²) in [5, 5.41) is 3.45. The highest BCUT2D eigenvalue weighted by atomic mass is 79.9. The molecule has 0 bridgehead atoms. The molecule has 0 aliphatic carbocycles. The minimum atomic E-state index is 0.574. The van der Waals surface area contributed by atoms with Crippen molar-refractivity contribution in [3.8, 4) is 11.5 Å². The standard InChI is InChI=1S/C15H25BrN2O2/c1-11(2)18(3)7-6-17-10-12-8-14(19-4)15(20-5)9-13(12)16/h8-9,11,17H,6-7,10H2,1-5H3. The zero-order valence-electron chi connectivity index (χ0n) is 13.0. The normalized spacial score (nSPS) is 11.2. The van der Waals surface area contributed by atoms with Gasteiger partial charge in [-0.3, -0.25) is 0 Å². The number of nitrogens with one attached hydrogen (secondary N) is 1. The number of rotatable bonds is 8. The van der Waals surface area contributed by atoms with Crippen molar-refractivity contribution >= 4 is 15.9 Å². The molecule has 0 atom stereocenters. The Bertz CT molecular complexity index is 425. The average molecular weight is 345 g/mol. The van der Waals surface area contributed by atoms with Gasteiger partial charge in [0.2, 0.25) is 0 Å². The van der Waals surface area contributed by atoms with Crippen LogP contribution in [0.2, 0.25) is 0 Å². The van der Waals surface area contributed by atoms with Gasteiger partial charge in [-0.05, 0) is 38.6 Å². The van der Waals surface area contributed by atoms with Gasteiger partial charge < -0.3 is 19.7 Å². The van der Waals surface area contributed by atoms with Crippen LogP contribution < -0.4 is 14.8 Å². The van der Waals surface area contributed by atoms with Crippen molar-refractivity contribution in [2.24, 2.45) is 0 Å². The predicted molar refractivity (Wildman–Crippen MR) is 86.7 cm³/mol. The monoisotopic (exact) mass is 344 g/mol. The third kappa shape index (κ3) is 4.96. The molecule has 0 radical (unpaired) electrons. The number of hydrogen-bond donors (Lipinski definition) is 1. The van der Waals surface area contributed by atoms with E-state index >= 15 is 0 Å². The molecule has 0 heterocycles. The fourth-order valence-electron chi connectivity index (χ4n) is 1.77. The molecular formula is C15H25BrN2O2. The van der Waals surface area contributed by atoms with Crippen LogP contribution in [0.25, 0.3) is 0 Å². The predicted octanol–water partition coefficient (Wildman–Crippen LogP) is 2.90. The van der Waals surface area contributed by atoms with E-state index in [1.54, 1.807) is 14.2 Å². The molecule has 1 aromatic carbocycles. The lowest BCUT2D eigenvalue weighted by Crippen LogP contribution is -2.33. The maximum atomic E-state index is 5.33. The summed E-state index contributed by atoms with van der Waals surface area (Å²) >= 11 is 3.57. The number of hydrogen-bond acceptors (Lipinski definition) is 4. The van der Waals surface area contributed by atoms with Gasteiger partial charge in [-0.15, -0.1) is 0 Å². The van der Waals surface area contributed by atoms with Crippen LogP contribution in [-0.2, 0) is 6.54 Å². The van der Waals surface area contributed by atoms with Gasteiger partial charge in [0, 0.05) is 30.1 Å². The van der Waals surface area contributed by atoms with E-state index in [0.717, 1.165) is 41.2 Å². The van der Waals surface area contributed by atoms with Crippen LogP contribution in [0.4, 0.5) is 0 Å². The lowest BCUT2D eigenvalue weighted by Gasteiger charge is -2.21. The summed E-state index contributed by atoms with van der Waals surface area (Å²) in [4.78, 5) is 2.32. The molecule has 0 saturated heterocycles. The number of likely N-dealkylation sites (N-methyl/N-ethyl adjacent to an activating group) is 1. The third-order valence-corrected chi connectivity index (χ3v) is 4.13. The fraction of sp³-hybridized carbons (Fsp3) is 0.600. The second-order valence-electron chi connectivity index (χ2n) is 5.05. The molecule has 0 aliphatic rings. The van der Waals surface area contributed by atoms with Crippen LogP contribution in [0.15, 0.2) is 16.6 Å². The smallest absolute Gasteiger partial charge is 0.161 e. The number of methoxy groups -OCH3 is 2. The molecule has 0 spiro atoms. The largest absolute Gasteiger partial charge is 0.493 e. The second kappa shape index (κ2) is 8.49. The zero-order chi connectivity index (χ0) is 15.1. The van der Waals surface area contributed by atoms with Gasteiger partial charge in [0.25, 0.3) is 0 Å². The molecule has 114 valence electrons. The molecule has 0 aliphatic heterocycles. The van der Waals surface area contributed by atoms with E-state index in [-0.39, 0.29) is 0 Å². The van der Waals surface area contributed by atoms with Crippen LogP contribution in [0, 0.1) is 0 Å². The third-order valence-electron chi connectivity index (χ3n) is 3.39. The summed E-state index contributed by atoms with van der Waals surface area (Å²) in [6.07, 6.45) is 0. The van der Waals surface area contributed by atoms with E-state index in [9.17, 15) is 0 Å². The first-order valence-electron chi connectivity index (χ1n) is 6.81. The van der Waals surface area contributed by atoms with Crippen LogP contribution in [-0.4, -0.2) is 45.3 Å². The molecule has 0 amide bonds. The quantitative estimate of drug-likeness (QED) is 0.735. The minimum Gasteiger partial charge on any atom is -0.493 e. The Balaban J connectivity index is 2.56. The van der Waals surface area contributed by atoms with Crippen LogP contribution in [0.5, 0.6) is 11.5 Å². The Kier molecular flexibility index (Phi) is 7.34. The average Bonchev–Trinajstić information content (AvgIpc) is 2.43. The van der Waals surface area contributed by atoms with Crippen LogP contribution in [0.1, 0.15) is 19.4 Å². The van der Waals surface area contributed by atoms with Crippen molar-refractivity contribution in [3.63, 3.8) is 0 Å². The van der Waals surface area contributed by atoms with Gasteiger partial charge in [-0.1, -0.05) is 15.9 Å². The summed E-state index contributed by atoms with van der Waals surface area (Å²) in [5.74, 6) is 1.49. The Hall–Kier alpha value is -0.780. The van der Waals surface area contributed by atoms with Crippen molar-refractivity contribution in [1.82, 2.24) is 10.2 Å². The molecule has 1 aromatic rings. The van der Waals surface area contributed by atoms with E-state index in [2.05, 4.69) is 47.0 Å². The molecule has 1 N–H and O–H groups in total. The van der Waals surface area contributed by atoms with Crippen molar-refractivity contribution < 1.29 is 9.47 Å². The summed E-state index contributed by atoms with van der Waals surface area (Å²) in [5.41, 5.74) is 1.16. The number of benzene rings is 1. The van der Waals surface area contributed by atoms with E-state index in [4.69, 9.17) is 9.47 Å². The summed E-state index contributed by atoms with van der Waals surface area (Å²) in [7, 11) is 5.43. The van der Waals surface area contributed by atoms with Crippen molar-refractivity contribution in [3.05, 3.63) is 22.2 Å². The first-order chi connectivity index (χ1) is 9.49. The molecule has 1 rings (SSSR count). The van der Waals surface area contributed by atoms with Crippen LogP contribution in [0.3, 0.4) is 0 Å². The van der Waals surface area contributed by atoms with E-state index in [0.29, 0.717) is 6.04 Å². The maximum Gasteiger partial charge on any atom is 0.161 e. The summed E-state index contributed by atoms with van der Waals surface area (Å²) < 4.78 is 11.6. The van der Waals surface area contributed by atoms with E-state index in [1.807, 2.05) is 12.1 Å². The molecule has 0 saturated carbocycles. The Labute approximate surface area is 130 Å². The summed E-state index contributed by atoms with van der Waals surface area (Å²) in [6, 6.07) is 4.52. The lowest BCUT2D eigenvalue weighted by molar-refractivity contribution is 0.273. The van der Waals surface area contributed by atoms with E-state index < -0.39 is 0 Å². The number of halogens is 1. The maximum absolute atomic E-state index is 5.33. The molecule has 5 heteroatoms. The summed E-state index contributed by atoms with van der Waals surface area (Å²) in [6.45, 7) is 7.18. The fourth-order valence-corrected chi connectivity index (χ4v) is 2.23. The lowest BCUT2D eigenvalue weighted by atomic mass is 10.2. The highest BCUT2D eigenvalue weighted by Gasteiger charge is 2.09. The zero-order valence-corrected chi connectivity index (χ0v) is 14.6. The highest BCUT2D eigenvalue weighted by Crippen LogP contribution is 2.33. The molecule has 0 unspecified atom stereocenters. The van der Waals surface area contributed by atoms with Gasteiger partial charge in [0.05, 0.1) is 14.2 Å². The minimum absolute atomic E-state index is 0.574. The molecule has 4 nitrogen and oxygen atoms in total. The van der Waals surface area contributed by atoms with Gasteiger partial charge in [0.15, 0.2) is 11.5 Å². The SMILES string of the molecule is COc1cc(Br)c(CNCCN(C)C(C)C)cc1OC.